The lowest BCUT2D eigenvalue weighted by molar-refractivity contribution is -0.121. The maximum atomic E-state index is 13.7. The van der Waals surface area contributed by atoms with Gasteiger partial charge in [-0.25, -0.2) is 9.18 Å². The van der Waals surface area contributed by atoms with E-state index in [1.165, 1.54) is 17.0 Å². The molecule has 0 radical (unpaired) electrons. The first kappa shape index (κ1) is 16.1. The number of rotatable bonds is 4. The summed E-state index contributed by atoms with van der Waals surface area (Å²) >= 11 is 1.14. The van der Waals surface area contributed by atoms with Crippen molar-refractivity contribution in [2.45, 2.75) is 0 Å². The molecule has 4 nitrogen and oxygen atoms in total. The average molecular weight is 343 g/mol. The van der Waals surface area contributed by atoms with Gasteiger partial charge in [-0.1, -0.05) is 24.3 Å². The second-order valence-corrected chi connectivity index (χ2v) is 6.21. The Balaban J connectivity index is 1.66. The molecule has 2 aromatic carbocycles. The van der Waals surface area contributed by atoms with E-state index in [0.29, 0.717) is 15.8 Å². The van der Waals surface area contributed by atoms with Crippen LogP contribution in [0.5, 0.6) is 0 Å². The van der Waals surface area contributed by atoms with E-state index in [9.17, 15) is 14.0 Å². The largest absolute Gasteiger partial charge is 0.451 e. The minimum atomic E-state index is -0.634. The van der Waals surface area contributed by atoms with E-state index >= 15 is 0 Å². The van der Waals surface area contributed by atoms with Gasteiger partial charge in [0.2, 0.25) is 0 Å². The van der Waals surface area contributed by atoms with Crippen molar-refractivity contribution in [1.82, 2.24) is 0 Å². The maximum absolute atomic E-state index is 13.7. The molecular formula is C18H14FNO3S. The number of esters is 1. The number of hydrogen-bond donors (Lipinski definition) is 0. The summed E-state index contributed by atoms with van der Waals surface area (Å²) in [5.41, 5.74) is 0.711. The lowest BCUT2D eigenvalue weighted by atomic mass is 10.2. The molecule has 0 saturated heterocycles. The van der Waals surface area contributed by atoms with Gasteiger partial charge >= 0.3 is 5.97 Å². The molecule has 1 amide bonds. The highest BCUT2D eigenvalue weighted by Crippen LogP contribution is 2.28. The Kier molecular flexibility index (Phi) is 4.57. The quantitative estimate of drug-likeness (QED) is 0.676. The minimum Gasteiger partial charge on any atom is -0.451 e. The Hall–Kier alpha value is -2.73. The third-order valence-corrected chi connectivity index (χ3v) is 4.63. The molecule has 1 heterocycles. The Labute approximate surface area is 142 Å². The molecule has 3 rings (SSSR count). The van der Waals surface area contributed by atoms with E-state index in [2.05, 4.69) is 0 Å². The van der Waals surface area contributed by atoms with Crippen molar-refractivity contribution >= 4 is 39.0 Å². The van der Waals surface area contributed by atoms with E-state index in [1.54, 1.807) is 31.3 Å². The van der Waals surface area contributed by atoms with E-state index in [0.717, 1.165) is 11.3 Å². The van der Waals surface area contributed by atoms with Crippen LogP contribution in [0.1, 0.15) is 9.67 Å². The second kappa shape index (κ2) is 6.80. The fourth-order valence-corrected chi connectivity index (χ4v) is 3.19. The lowest BCUT2D eigenvalue weighted by Crippen LogP contribution is -2.30. The van der Waals surface area contributed by atoms with Gasteiger partial charge in [0, 0.05) is 22.8 Å². The highest BCUT2D eigenvalue weighted by Gasteiger charge is 2.17. The number of nitrogens with zero attached hydrogens (tertiary/aromatic N) is 1. The summed E-state index contributed by atoms with van der Waals surface area (Å²) in [6, 6.07) is 15.2. The molecule has 24 heavy (non-hydrogen) atoms. The summed E-state index contributed by atoms with van der Waals surface area (Å²) in [5.74, 6) is -1.37. The van der Waals surface area contributed by atoms with Crippen LogP contribution >= 0.6 is 11.3 Å². The number of thiophene rings is 1. The van der Waals surface area contributed by atoms with Crippen molar-refractivity contribution in [2.24, 2.45) is 0 Å². The van der Waals surface area contributed by atoms with Crippen molar-refractivity contribution in [2.75, 3.05) is 18.6 Å². The third-order valence-electron chi connectivity index (χ3n) is 3.55. The average Bonchev–Trinajstić information content (AvgIpc) is 3.05. The maximum Gasteiger partial charge on any atom is 0.348 e. The number of ether oxygens (including phenoxy) is 1. The summed E-state index contributed by atoms with van der Waals surface area (Å²) in [5, 5.41) is 0.377. The predicted molar refractivity (Wildman–Crippen MR) is 91.9 cm³/mol. The SMILES string of the molecule is CN(C(=O)COC(=O)c1cc2c(F)cccc2s1)c1ccccc1. The molecule has 0 unspecified atom stereocenters. The Morgan fingerprint density at radius 3 is 2.58 bits per heavy atom. The standard InChI is InChI=1S/C18H14FNO3S/c1-20(12-6-3-2-4-7-12)17(21)11-23-18(22)16-10-13-14(19)8-5-9-15(13)24-16/h2-10H,11H2,1H3. The summed E-state index contributed by atoms with van der Waals surface area (Å²) in [6.45, 7) is -0.374. The van der Waals surface area contributed by atoms with Gasteiger partial charge < -0.3 is 9.64 Å². The number of halogens is 1. The normalized spacial score (nSPS) is 10.6. The Morgan fingerprint density at radius 1 is 1.12 bits per heavy atom. The monoisotopic (exact) mass is 343 g/mol. The number of likely N-dealkylation sites (N-methyl/N-ethyl adjacent to an activating group) is 1. The number of carbonyl (C=O) groups is 2. The van der Waals surface area contributed by atoms with Crippen molar-refractivity contribution in [3.63, 3.8) is 0 Å². The van der Waals surface area contributed by atoms with E-state index in [-0.39, 0.29) is 23.2 Å². The molecule has 0 N–H and O–H groups in total. The van der Waals surface area contributed by atoms with E-state index in [1.807, 2.05) is 18.2 Å². The predicted octanol–water partition coefficient (Wildman–Crippen LogP) is 3.86. The zero-order valence-corrected chi connectivity index (χ0v) is 13.7. The van der Waals surface area contributed by atoms with Crippen LogP contribution in [0.2, 0.25) is 0 Å². The van der Waals surface area contributed by atoms with Gasteiger partial charge in [-0.3, -0.25) is 4.79 Å². The van der Waals surface area contributed by atoms with Crippen LogP contribution in [0, 0.1) is 5.82 Å². The fraction of sp³-hybridized carbons (Fsp3) is 0.111. The van der Waals surface area contributed by atoms with E-state index in [4.69, 9.17) is 4.74 Å². The van der Waals surface area contributed by atoms with Gasteiger partial charge in [0.25, 0.3) is 5.91 Å². The number of hydrogen-bond acceptors (Lipinski definition) is 4. The number of amides is 1. The molecule has 0 aliphatic carbocycles. The summed E-state index contributed by atoms with van der Waals surface area (Å²) in [7, 11) is 1.61. The van der Waals surface area contributed by atoms with Crippen LogP contribution < -0.4 is 4.90 Å². The smallest absolute Gasteiger partial charge is 0.348 e. The Bertz CT molecular complexity index is 892. The number of benzene rings is 2. The first-order chi connectivity index (χ1) is 11.6. The van der Waals surface area contributed by atoms with Crippen LogP contribution in [0.4, 0.5) is 10.1 Å². The fourth-order valence-electron chi connectivity index (χ4n) is 2.22. The lowest BCUT2D eigenvalue weighted by Gasteiger charge is -2.16. The molecule has 0 atom stereocenters. The summed E-state index contributed by atoms with van der Waals surface area (Å²) in [4.78, 5) is 25.9. The van der Waals surface area contributed by atoms with Gasteiger partial charge in [0.1, 0.15) is 10.7 Å². The summed E-state index contributed by atoms with van der Waals surface area (Å²) in [6.07, 6.45) is 0. The van der Waals surface area contributed by atoms with Gasteiger partial charge in [0.05, 0.1) is 0 Å². The number of anilines is 1. The van der Waals surface area contributed by atoms with Gasteiger partial charge in [-0.15, -0.1) is 11.3 Å². The molecule has 0 aliphatic rings. The van der Waals surface area contributed by atoms with E-state index < -0.39 is 5.97 Å². The third kappa shape index (κ3) is 3.28. The molecule has 0 spiro atoms. The zero-order valence-electron chi connectivity index (χ0n) is 12.9. The molecule has 6 heteroatoms. The molecular weight excluding hydrogens is 329 g/mol. The van der Waals surface area contributed by atoms with Crippen molar-refractivity contribution in [1.29, 1.82) is 0 Å². The molecule has 0 bridgehead atoms. The number of para-hydroxylation sites is 1. The molecule has 3 aromatic rings. The van der Waals surface area contributed by atoms with Crippen molar-refractivity contribution in [3.05, 3.63) is 65.3 Å². The van der Waals surface area contributed by atoms with Gasteiger partial charge in [0.15, 0.2) is 6.61 Å². The second-order valence-electron chi connectivity index (χ2n) is 5.13. The number of carbonyl (C=O) groups excluding carboxylic acids is 2. The Morgan fingerprint density at radius 2 is 1.88 bits per heavy atom. The van der Waals surface area contributed by atoms with Crippen LogP contribution in [0.15, 0.2) is 54.6 Å². The molecule has 0 aliphatic heterocycles. The molecule has 0 fully saturated rings. The van der Waals surface area contributed by atoms with Gasteiger partial charge in [-0.2, -0.15) is 0 Å². The first-order valence-electron chi connectivity index (χ1n) is 7.23. The van der Waals surface area contributed by atoms with Crippen LogP contribution in [0.3, 0.4) is 0 Å². The number of fused-ring (bicyclic) bond motifs is 1. The molecule has 1 aromatic heterocycles. The molecule has 0 saturated carbocycles. The van der Waals surface area contributed by atoms with Crippen molar-refractivity contribution < 1.29 is 18.7 Å². The summed E-state index contributed by atoms with van der Waals surface area (Å²) < 4.78 is 19.4. The van der Waals surface area contributed by atoms with Gasteiger partial charge in [-0.05, 0) is 30.3 Å². The van der Waals surface area contributed by atoms with Crippen LogP contribution in [-0.4, -0.2) is 25.5 Å². The van der Waals surface area contributed by atoms with Crippen LogP contribution in [0.25, 0.3) is 10.1 Å². The molecule has 122 valence electrons. The van der Waals surface area contributed by atoms with Crippen LogP contribution in [-0.2, 0) is 9.53 Å². The minimum absolute atomic E-state index is 0.269. The van der Waals surface area contributed by atoms with Crippen molar-refractivity contribution in [3.8, 4) is 0 Å². The zero-order chi connectivity index (χ0) is 17.1. The first-order valence-corrected chi connectivity index (χ1v) is 8.04. The highest BCUT2D eigenvalue weighted by atomic mass is 32.1. The highest BCUT2D eigenvalue weighted by molar-refractivity contribution is 7.20. The topological polar surface area (TPSA) is 46.6 Å².